The lowest BCUT2D eigenvalue weighted by Gasteiger charge is -2.22. The minimum Gasteiger partial charge on any atom is -0.490 e. The number of unbranched alkanes of at least 4 members (excludes halogenated alkanes) is 1. The average Bonchev–Trinajstić information content (AvgIpc) is 2.68. The number of rotatable bonds is 10. The van der Waals surface area contributed by atoms with Crippen molar-refractivity contribution >= 4 is 11.9 Å². The molecule has 0 saturated heterocycles. The summed E-state index contributed by atoms with van der Waals surface area (Å²) >= 11 is 0. The van der Waals surface area contributed by atoms with Crippen molar-refractivity contribution in [1.29, 1.82) is 0 Å². The van der Waals surface area contributed by atoms with Crippen LogP contribution in [0.2, 0.25) is 0 Å². The van der Waals surface area contributed by atoms with Crippen LogP contribution < -0.4 is 14.8 Å². The maximum Gasteiger partial charge on any atom is 0.338 e. The summed E-state index contributed by atoms with van der Waals surface area (Å²) in [5, 5.41) is 2.93. The van der Waals surface area contributed by atoms with E-state index >= 15 is 0 Å². The lowest BCUT2D eigenvalue weighted by molar-refractivity contribution is -0.125. The summed E-state index contributed by atoms with van der Waals surface area (Å²) in [6, 6.07) is 5.14. The molecule has 0 bridgehead atoms. The Balaban J connectivity index is 1.88. The van der Waals surface area contributed by atoms with E-state index in [4.69, 9.17) is 14.2 Å². The third kappa shape index (κ3) is 7.12. The van der Waals surface area contributed by atoms with E-state index in [0.29, 0.717) is 30.3 Å². The van der Waals surface area contributed by atoms with Crippen LogP contribution in [0.1, 0.15) is 69.2 Å². The number of nitrogens with one attached hydrogen (secondary N) is 1. The molecule has 1 saturated carbocycles. The Labute approximate surface area is 161 Å². The minimum atomic E-state index is -0.546. The molecule has 1 aliphatic rings. The monoisotopic (exact) mass is 377 g/mol. The number of amides is 1. The van der Waals surface area contributed by atoms with Crippen molar-refractivity contribution in [1.82, 2.24) is 5.32 Å². The third-order valence-electron chi connectivity index (χ3n) is 4.54. The summed E-state index contributed by atoms with van der Waals surface area (Å²) in [6.07, 6.45) is 7.48. The molecule has 0 atom stereocenters. The molecule has 1 aromatic carbocycles. The number of esters is 1. The molecule has 0 heterocycles. The van der Waals surface area contributed by atoms with Gasteiger partial charge in [-0.3, -0.25) is 4.79 Å². The van der Waals surface area contributed by atoms with Crippen LogP contribution in [0.3, 0.4) is 0 Å². The van der Waals surface area contributed by atoms with Crippen molar-refractivity contribution in [3.63, 3.8) is 0 Å². The third-order valence-corrected chi connectivity index (χ3v) is 4.54. The second-order valence-corrected chi connectivity index (χ2v) is 6.78. The quantitative estimate of drug-likeness (QED) is 0.495. The number of ether oxygens (including phenoxy) is 3. The molecule has 1 N–H and O–H groups in total. The molecule has 1 aliphatic carbocycles. The van der Waals surface area contributed by atoms with E-state index < -0.39 is 5.97 Å². The van der Waals surface area contributed by atoms with Crippen LogP contribution >= 0.6 is 0 Å². The summed E-state index contributed by atoms with van der Waals surface area (Å²) in [6.45, 7) is 4.76. The zero-order valence-corrected chi connectivity index (χ0v) is 16.4. The largest absolute Gasteiger partial charge is 0.490 e. The Hall–Kier alpha value is -2.24. The maximum atomic E-state index is 12.3. The molecule has 150 valence electrons. The van der Waals surface area contributed by atoms with Gasteiger partial charge in [0.15, 0.2) is 18.1 Å². The topological polar surface area (TPSA) is 73.9 Å². The Morgan fingerprint density at radius 2 is 1.85 bits per heavy atom. The number of carbonyl (C=O) groups excluding carboxylic acids is 2. The van der Waals surface area contributed by atoms with Gasteiger partial charge in [-0.2, -0.15) is 0 Å². The summed E-state index contributed by atoms with van der Waals surface area (Å²) in [4.78, 5) is 24.3. The second-order valence-electron chi connectivity index (χ2n) is 6.78. The minimum absolute atomic E-state index is 0.203. The molecule has 27 heavy (non-hydrogen) atoms. The van der Waals surface area contributed by atoms with Gasteiger partial charge in [0.1, 0.15) is 0 Å². The van der Waals surface area contributed by atoms with Crippen molar-refractivity contribution in [3.8, 4) is 11.5 Å². The Kier molecular flexibility index (Phi) is 8.95. The SMILES string of the molecule is CCCCOc1ccc(C(=O)OCC(=O)NC2CCCCC2)cc1OCC. The Morgan fingerprint density at radius 1 is 1.07 bits per heavy atom. The van der Waals surface area contributed by atoms with Crippen LogP contribution in [0.15, 0.2) is 18.2 Å². The van der Waals surface area contributed by atoms with Crippen molar-refractivity contribution in [2.75, 3.05) is 19.8 Å². The molecule has 1 fully saturated rings. The van der Waals surface area contributed by atoms with Crippen LogP contribution in [0, 0.1) is 0 Å². The molecule has 2 rings (SSSR count). The fourth-order valence-electron chi connectivity index (χ4n) is 3.08. The molecule has 0 aliphatic heterocycles. The van der Waals surface area contributed by atoms with E-state index in [1.807, 2.05) is 6.92 Å². The molecule has 0 aromatic heterocycles. The zero-order valence-electron chi connectivity index (χ0n) is 16.4. The van der Waals surface area contributed by atoms with Crippen LogP contribution in [-0.2, 0) is 9.53 Å². The highest BCUT2D eigenvalue weighted by molar-refractivity contribution is 5.92. The normalized spacial score (nSPS) is 14.4. The van der Waals surface area contributed by atoms with Crippen molar-refractivity contribution in [3.05, 3.63) is 23.8 Å². The number of carbonyl (C=O) groups is 2. The lowest BCUT2D eigenvalue weighted by atomic mass is 9.95. The summed E-state index contributed by atoms with van der Waals surface area (Å²) in [5.74, 6) is 0.321. The molecule has 0 unspecified atom stereocenters. The predicted octanol–water partition coefficient (Wildman–Crippen LogP) is 3.87. The summed E-state index contributed by atoms with van der Waals surface area (Å²) in [7, 11) is 0. The first-order valence-corrected chi connectivity index (χ1v) is 10.00. The van der Waals surface area contributed by atoms with Gasteiger partial charge in [-0.05, 0) is 44.4 Å². The molecular weight excluding hydrogens is 346 g/mol. The highest BCUT2D eigenvalue weighted by Crippen LogP contribution is 2.29. The highest BCUT2D eigenvalue weighted by atomic mass is 16.5. The van der Waals surface area contributed by atoms with Crippen molar-refractivity contribution in [2.45, 2.75) is 64.8 Å². The smallest absolute Gasteiger partial charge is 0.338 e. The lowest BCUT2D eigenvalue weighted by Crippen LogP contribution is -2.38. The average molecular weight is 377 g/mol. The van der Waals surface area contributed by atoms with E-state index in [0.717, 1.165) is 38.5 Å². The van der Waals surface area contributed by atoms with E-state index in [2.05, 4.69) is 12.2 Å². The number of benzene rings is 1. The van der Waals surface area contributed by atoms with E-state index in [1.54, 1.807) is 18.2 Å². The summed E-state index contributed by atoms with van der Waals surface area (Å²) in [5.41, 5.74) is 0.340. The maximum absolute atomic E-state index is 12.3. The van der Waals surface area contributed by atoms with Crippen molar-refractivity contribution in [2.24, 2.45) is 0 Å². The highest BCUT2D eigenvalue weighted by Gasteiger charge is 2.18. The van der Waals surface area contributed by atoms with Crippen LogP contribution in [0.5, 0.6) is 11.5 Å². The van der Waals surface area contributed by atoms with Gasteiger partial charge in [0.25, 0.3) is 5.91 Å². The Morgan fingerprint density at radius 3 is 2.56 bits per heavy atom. The fraction of sp³-hybridized carbons (Fsp3) is 0.619. The van der Waals surface area contributed by atoms with Crippen molar-refractivity contribution < 1.29 is 23.8 Å². The molecule has 1 amide bonds. The van der Waals surface area contributed by atoms with Gasteiger partial charge in [0.05, 0.1) is 18.8 Å². The van der Waals surface area contributed by atoms with Gasteiger partial charge in [0, 0.05) is 6.04 Å². The number of hydrogen-bond donors (Lipinski definition) is 1. The standard InChI is InChI=1S/C21H31NO5/c1-3-5-13-26-18-12-11-16(14-19(18)25-4-2)21(24)27-15-20(23)22-17-9-7-6-8-10-17/h11-12,14,17H,3-10,13,15H2,1-2H3,(H,22,23). The fourth-order valence-corrected chi connectivity index (χ4v) is 3.08. The van der Waals surface area contributed by atoms with Crippen LogP contribution in [0.25, 0.3) is 0 Å². The van der Waals surface area contributed by atoms with Gasteiger partial charge < -0.3 is 19.5 Å². The molecule has 6 heteroatoms. The molecule has 0 radical (unpaired) electrons. The predicted molar refractivity (Wildman–Crippen MR) is 103 cm³/mol. The van der Waals surface area contributed by atoms with E-state index in [-0.39, 0.29) is 18.6 Å². The molecule has 1 aromatic rings. The first kappa shape index (κ1) is 21.1. The van der Waals surface area contributed by atoms with Gasteiger partial charge >= 0.3 is 5.97 Å². The van der Waals surface area contributed by atoms with Crippen LogP contribution in [0.4, 0.5) is 0 Å². The van der Waals surface area contributed by atoms with Gasteiger partial charge in [-0.25, -0.2) is 4.79 Å². The molecular formula is C21H31NO5. The van der Waals surface area contributed by atoms with Gasteiger partial charge in [-0.1, -0.05) is 32.6 Å². The summed E-state index contributed by atoms with van der Waals surface area (Å²) < 4.78 is 16.4. The second kappa shape index (κ2) is 11.5. The molecule has 0 spiro atoms. The first-order valence-electron chi connectivity index (χ1n) is 10.00. The van der Waals surface area contributed by atoms with Gasteiger partial charge in [-0.15, -0.1) is 0 Å². The van der Waals surface area contributed by atoms with Crippen LogP contribution in [-0.4, -0.2) is 37.7 Å². The number of hydrogen-bond acceptors (Lipinski definition) is 5. The molecule has 6 nitrogen and oxygen atoms in total. The van der Waals surface area contributed by atoms with Gasteiger partial charge in [0.2, 0.25) is 0 Å². The van der Waals surface area contributed by atoms with E-state index in [9.17, 15) is 9.59 Å². The zero-order chi connectivity index (χ0) is 19.5. The Bertz CT molecular complexity index is 611. The van der Waals surface area contributed by atoms with E-state index in [1.165, 1.54) is 6.42 Å². The first-order chi connectivity index (χ1) is 13.1.